The van der Waals surface area contributed by atoms with E-state index in [4.69, 9.17) is 14.2 Å². The lowest BCUT2D eigenvalue weighted by Gasteiger charge is -2.42. The summed E-state index contributed by atoms with van der Waals surface area (Å²) in [6, 6.07) is 7.15. The molecule has 2 aromatic carbocycles. The van der Waals surface area contributed by atoms with Gasteiger partial charge in [-0.2, -0.15) is 4.31 Å². The molecule has 1 fully saturated rings. The lowest BCUT2D eigenvalue weighted by atomic mass is 9.82. The first-order valence-corrected chi connectivity index (χ1v) is 13.4. The van der Waals surface area contributed by atoms with E-state index in [9.17, 15) is 17.2 Å². The maximum Gasteiger partial charge on any atom is 0.244 e. The second kappa shape index (κ2) is 11.1. The van der Waals surface area contributed by atoms with E-state index >= 15 is 0 Å². The van der Waals surface area contributed by atoms with Crippen LogP contribution in [0.15, 0.2) is 53.1 Å². The number of ether oxygens (including phenoxy) is 3. The summed E-state index contributed by atoms with van der Waals surface area (Å²) in [7, 11) is 0.340. The van der Waals surface area contributed by atoms with Crippen molar-refractivity contribution in [3.8, 4) is 11.5 Å². The first-order chi connectivity index (χ1) is 17.3. The van der Waals surface area contributed by atoms with E-state index in [1.165, 1.54) is 56.0 Å². The van der Waals surface area contributed by atoms with Crippen molar-refractivity contribution in [3.05, 3.63) is 65.4 Å². The minimum atomic E-state index is -4.08. The topological polar surface area (TPSA) is 77.1 Å². The molecule has 1 aliphatic carbocycles. The molecule has 2 aromatic rings. The van der Waals surface area contributed by atoms with Crippen LogP contribution >= 0.6 is 0 Å². The number of nitrogens with zero attached hydrogens (tertiary/aromatic N) is 1. The van der Waals surface area contributed by atoms with Crippen molar-refractivity contribution in [3.63, 3.8) is 0 Å². The third-order valence-corrected chi connectivity index (χ3v) is 8.91. The van der Waals surface area contributed by atoms with Crippen molar-refractivity contribution in [1.82, 2.24) is 9.62 Å². The van der Waals surface area contributed by atoms with Crippen LogP contribution in [0, 0.1) is 17.6 Å². The van der Waals surface area contributed by atoms with Gasteiger partial charge in [0.15, 0.2) is 11.5 Å². The van der Waals surface area contributed by atoms with Crippen LogP contribution in [0.3, 0.4) is 0 Å². The zero-order valence-electron chi connectivity index (χ0n) is 20.7. The molecule has 1 heterocycles. The Morgan fingerprint density at radius 1 is 1.00 bits per heavy atom. The summed E-state index contributed by atoms with van der Waals surface area (Å²) in [4.78, 5) is 0.0453. The monoisotopic (exact) mass is 522 g/mol. The molecule has 3 atom stereocenters. The van der Waals surface area contributed by atoms with Gasteiger partial charge in [-0.3, -0.25) is 0 Å². The van der Waals surface area contributed by atoms with Crippen molar-refractivity contribution in [2.24, 2.45) is 5.92 Å². The van der Waals surface area contributed by atoms with Crippen molar-refractivity contribution in [2.45, 2.75) is 42.7 Å². The van der Waals surface area contributed by atoms with E-state index in [0.717, 1.165) is 0 Å². The molecule has 36 heavy (non-hydrogen) atoms. The molecule has 196 valence electrons. The molecule has 1 N–H and O–H groups in total. The number of benzene rings is 2. The van der Waals surface area contributed by atoms with Gasteiger partial charge in [0.25, 0.3) is 0 Å². The van der Waals surface area contributed by atoms with Crippen LogP contribution in [0.25, 0.3) is 0 Å². The number of sulfonamides is 1. The zero-order chi connectivity index (χ0) is 25.9. The quantitative estimate of drug-likeness (QED) is 0.539. The predicted molar refractivity (Wildman–Crippen MR) is 132 cm³/mol. The summed E-state index contributed by atoms with van der Waals surface area (Å²) >= 11 is 0. The van der Waals surface area contributed by atoms with Gasteiger partial charge in [-0.05, 0) is 68.5 Å². The maximum absolute atomic E-state index is 14.6. The third kappa shape index (κ3) is 5.07. The van der Waals surface area contributed by atoms with E-state index in [-0.39, 0.29) is 22.9 Å². The smallest absolute Gasteiger partial charge is 0.244 e. The van der Waals surface area contributed by atoms with E-state index in [2.05, 4.69) is 5.32 Å². The highest BCUT2D eigenvalue weighted by atomic mass is 32.2. The average Bonchev–Trinajstić information content (AvgIpc) is 3.40. The van der Waals surface area contributed by atoms with Crippen LogP contribution in [0.1, 0.15) is 24.8 Å². The van der Waals surface area contributed by atoms with Crippen molar-refractivity contribution >= 4 is 10.0 Å². The molecular weight excluding hydrogens is 490 g/mol. The van der Waals surface area contributed by atoms with Gasteiger partial charge in [-0.15, -0.1) is 0 Å². The van der Waals surface area contributed by atoms with Crippen molar-refractivity contribution in [1.29, 1.82) is 0 Å². The van der Waals surface area contributed by atoms with Gasteiger partial charge in [0.1, 0.15) is 17.4 Å². The molecule has 0 amide bonds. The molecule has 1 aliphatic heterocycles. The minimum Gasteiger partial charge on any atom is -0.500 e. The number of nitrogens with one attached hydrogen (secondary N) is 1. The summed E-state index contributed by atoms with van der Waals surface area (Å²) in [6.45, 7) is 1.12. The molecule has 4 rings (SSSR count). The van der Waals surface area contributed by atoms with E-state index < -0.39 is 33.6 Å². The molecular formula is C26H32F2N2O5S. The number of methoxy groups -OCH3 is 3. The summed E-state index contributed by atoms with van der Waals surface area (Å²) in [5.74, 6) is -0.489. The molecule has 1 saturated heterocycles. The van der Waals surface area contributed by atoms with Crippen molar-refractivity contribution in [2.75, 3.05) is 34.4 Å². The third-order valence-electron chi connectivity index (χ3n) is 6.98. The number of rotatable bonds is 9. The second-order valence-corrected chi connectivity index (χ2v) is 10.8. The molecule has 0 bridgehead atoms. The molecule has 1 unspecified atom stereocenters. The van der Waals surface area contributed by atoms with Gasteiger partial charge in [-0.1, -0.05) is 6.07 Å². The normalized spacial score (nSPS) is 22.4. The van der Waals surface area contributed by atoms with Gasteiger partial charge in [0.2, 0.25) is 10.0 Å². The van der Waals surface area contributed by atoms with Crippen LogP contribution in [-0.2, 0) is 21.2 Å². The van der Waals surface area contributed by atoms with Gasteiger partial charge >= 0.3 is 0 Å². The van der Waals surface area contributed by atoms with Crippen molar-refractivity contribution < 1.29 is 31.4 Å². The highest BCUT2D eigenvalue weighted by Crippen LogP contribution is 2.39. The molecule has 7 nitrogen and oxygen atoms in total. The standard InChI is InChI=1S/C26H32F2N2O5S/c1-33-23-11-10-19(15-25(23)35-3)36(31,32)30(18-12-13-29-16-18)26-17(6-4-9-24(26)34-2)14-20-21(27)7-5-8-22(20)28/h5,7-11,15,17-18,26,29H,4,6,12-14,16H2,1-3H3/t17?,18-,26+/m0/s1. The Bertz CT molecular complexity index is 1190. The van der Waals surface area contributed by atoms with Crippen LogP contribution in [0.2, 0.25) is 0 Å². The number of halogens is 2. The van der Waals surface area contributed by atoms with E-state index in [1.807, 2.05) is 6.08 Å². The Labute approximate surface area is 211 Å². The van der Waals surface area contributed by atoms with Crippen LogP contribution in [0.5, 0.6) is 11.5 Å². The Balaban J connectivity index is 1.82. The Kier molecular flexibility index (Phi) is 8.17. The summed E-state index contributed by atoms with van der Waals surface area (Å²) in [5, 5.41) is 3.24. The number of hydrogen-bond donors (Lipinski definition) is 1. The van der Waals surface area contributed by atoms with Gasteiger partial charge < -0.3 is 19.5 Å². The fourth-order valence-electron chi connectivity index (χ4n) is 5.22. The average molecular weight is 523 g/mol. The van der Waals surface area contributed by atoms with Gasteiger partial charge in [0.05, 0.1) is 32.3 Å². The maximum atomic E-state index is 14.6. The summed E-state index contributed by atoms with van der Waals surface area (Å²) < 4.78 is 75.5. The highest BCUT2D eigenvalue weighted by Gasteiger charge is 2.45. The van der Waals surface area contributed by atoms with Crippen LogP contribution in [-0.4, -0.2) is 59.2 Å². The number of allylic oxidation sites excluding steroid dienone is 1. The highest BCUT2D eigenvalue weighted by molar-refractivity contribution is 7.89. The molecule has 10 heteroatoms. The first-order valence-electron chi connectivity index (χ1n) is 11.9. The molecule has 0 aromatic heterocycles. The number of hydrogen-bond acceptors (Lipinski definition) is 6. The Hall–Kier alpha value is -2.69. The molecule has 2 aliphatic rings. The Morgan fingerprint density at radius 2 is 1.72 bits per heavy atom. The predicted octanol–water partition coefficient (Wildman–Crippen LogP) is 3.89. The van der Waals surface area contributed by atoms with Gasteiger partial charge in [-0.25, -0.2) is 17.2 Å². The fourth-order valence-corrected chi connectivity index (χ4v) is 7.11. The van der Waals surface area contributed by atoms with Crippen LogP contribution in [0.4, 0.5) is 8.78 Å². The zero-order valence-corrected chi connectivity index (χ0v) is 21.5. The summed E-state index contributed by atoms with van der Waals surface area (Å²) in [5.41, 5.74) is -0.0436. The second-order valence-electron chi connectivity index (χ2n) is 9.00. The lowest BCUT2D eigenvalue weighted by molar-refractivity contribution is 0.130. The first kappa shape index (κ1) is 26.4. The fraction of sp³-hybridized carbons (Fsp3) is 0.462. The molecule has 0 spiro atoms. The van der Waals surface area contributed by atoms with Crippen LogP contribution < -0.4 is 14.8 Å². The minimum absolute atomic E-state index is 0.0436. The summed E-state index contributed by atoms with van der Waals surface area (Å²) in [6.07, 6.45) is 3.69. The largest absolute Gasteiger partial charge is 0.500 e. The van der Waals surface area contributed by atoms with E-state index in [0.29, 0.717) is 49.6 Å². The molecule has 0 saturated carbocycles. The van der Waals surface area contributed by atoms with E-state index in [1.54, 1.807) is 6.07 Å². The molecule has 0 radical (unpaired) electrons. The SMILES string of the molecule is COC1=CCCC(Cc2c(F)cccc2F)[C@H]1N([C@H]1CCNC1)S(=O)(=O)c1ccc(OC)c(OC)c1. The Morgan fingerprint density at radius 3 is 2.33 bits per heavy atom. The van der Waals surface area contributed by atoms with Gasteiger partial charge in [0, 0.05) is 24.2 Å². The lowest BCUT2D eigenvalue weighted by Crippen LogP contribution is -2.53.